The molecule has 1 amide bonds. The topological polar surface area (TPSA) is 32.3 Å². The Morgan fingerprint density at radius 1 is 1.20 bits per heavy atom. The van der Waals surface area contributed by atoms with Gasteiger partial charge in [-0.2, -0.15) is 0 Å². The molecule has 1 unspecified atom stereocenters. The lowest BCUT2D eigenvalue weighted by Crippen LogP contribution is -2.31. The molecule has 2 rings (SSSR count). The highest BCUT2D eigenvalue weighted by Crippen LogP contribution is 2.20. The Morgan fingerprint density at radius 2 is 1.92 bits per heavy atom. The molecule has 0 heterocycles. The maximum atomic E-state index is 12.7. The van der Waals surface area contributed by atoms with Crippen LogP contribution in [0.1, 0.15) is 40.9 Å². The van der Waals surface area contributed by atoms with Crippen LogP contribution in [-0.2, 0) is 0 Å². The number of halogens is 1. The molecule has 0 radical (unpaired) electrons. The number of nitrogens with zero attached hydrogens (tertiary/aromatic N) is 1. The predicted octanol–water partition coefficient (Wildman–Crippen LogP) is 4.80. The quantitative estimate of drug-likeness (QED) is 0.773. The van der Waals surface area contributed by atoms with Crippen molar-refractivity contribution in [1.82, 2.24) is 10.2 Å². The fourth-order valence-corrected chi connectivity index (χ4v) is 2.75. The Labute approximate surface area is 155 Å². The van der Waals surface area contributed by atoms with E-state index in [0.29, 0.717) is 10.6 Å². The number of carbonyl (C=O) groups is 1. The Kier molecular flexibility index (Phi) is 7.23. The van der Waals surface area contributed by atoms with E-state index in [-0.39, 0.29) is 11.9 Å². The van der Waals surface area contributed by atoms with Crippen molar-refractivity contribution < 1.29 is 4.79 Å². The lowest BCUT2D eigenvalue weighted by molar-refractivity contribution is 0.0932. The second kappa shape index (κ2) is 9.40. The van der Waals surface area contributed by atoms with Gasteiger partial charge in [0.1, 0.15) is 0 Å². The van der Waals surface area contributed by atoms with E-state index in [4.69, 9.17) is 11.6 Å². The van der Waals surface area contributed by atoms with Gasteiger partial charge in [-0.1, -0.05) is 48.0 Å². The summed E-state index contributed by atoms with van der Waals surface area (Å²) in [4.78, 5) is 14.8. The molecule has 1 atom stereocenters. The summed E-state index contributed by atoms with van der Waals surface area (Å²) >= 11 is 5.99. The smallest absolute Gasteiger partial charge is 0.251 e. The van der Waals surface area contributed by atoms with E-state index in [9.17, 15) is 4.79 Å². The first kappa shape index (κ1) is 19.2. The van der Waals surface area contributed by atoms with Gasteiger partial charge >= 0.3 is 0 Å². The fourth-order valence-electron chi connectivity index (χ4n) is 2.62. The largest absolute Gasteiger partial charge is 0.345 e. The van der Waals surface area contributed by atoms with Gasteiger partial charge in [0.2, 0.25) is 0 Å². The molecule has 0 fully saturated rings. The van der Waals surface area contributed by atoms with Crippen molar-refractivity contribution >= 4 is 23.6 Å². The summed E-state index contributed by atoms with van der Waals surface area (Å²) in [6.07, 6.45) is 4.78. The summed E-state index contributed by atoms with van der Waals surface area (Å²) in [5.74, 6) is -0.0648. The summed E-state index contributed by atoms with van der Waals surface area (Å²) in [6, 6.07) is 15.2. The van der Waals surface area contributed by atoms with Crippen LogP contribution < -0.4 is 5.32 Å². The Hall–Kier alpha value is -2.10. The lowest BCUT2D eigenvalue weighted by Gasteiger charge is -2.21. The van der Waals surface area contributed by atoms with Crippen LogP contribution in [0, 0.1) is 0 Å². The van der Waals surface area contributed by atoms with Crippen LogP contribution in [0.4, 0.5) is 0 Å². The van der Waals surface area contributed by atoms with Gasteiger partial charge in [0.15, 0.2) is 0 Å². The monoisotopic (exact) mass is 356 g/mol. The zero-order valence-corrected chi connectivity index (χ0v) is 15.8. The highest BCUT2D eigenvalue weighted by Gasteiger charge is 2.16. The van der Waals surface area contributed by atoms with E-state index in [1.54, 1.807) is 0 Å². The third-order valence-electron chi connectivity index (χ3n) is 3.95. The molecule has 132 valence electrons. The zero-order chi connectivity index (χ0) is 18.2. The van der Waals surface area contributed by atoms with E-state index in [1.165, 1.54) is 0 Å². The maximum Gasteiger partial charge on any atom is 0.251 e. The first-order chi connectivity index (χ1) is 12.0. The van der Waals surface area contributed by atoms with E-state index in [1.807, 2.05) is 81.7 Å². The Balaban J connectivity index is 2.18. The number of hydrogen-bond donors (Lipinski definition) is 1. The molecule has 3 nitrogen and oxygen atoms in total. The van der Waals surface area contributed by atoms with E-state index in [0.717, 1.165) is 24.1 Å². The molecule has 25 heavy (non-hydrogen) atoms. The summed E-state index contributed by atoms with van der Waals surface area (Å²) < 4.78 is 0. The SMILES string of the molecule is C/C=C/c1cccc(C(=O)NC(CCN(C)C)c2ccc(Cl)cc2)c1. The summed E-state index contributed by atoms with van der Waals surface area (Å²) in [7, 11) is 4.06. The molecule has 0 aliphatic heterocycles. The minimum Gasteiger partial charge on any atom is -0.345 e. The molecule has 0 bridgehead atoms. The number of benzene rings is 2. The maximum absolute atomic E-state index is 12.7. The number of rotatable bonds is 7. The molecule has 0 aliphatic rings. The number of allylic oxidation sites excluding steroid dienone is 1. The van der Waals surface area contributed by atoms with Gasteiger partial charge in [-0.15, -0.1) is 0 Å². The summed E-state index contributed by atoms with van der Waals surface area (Å²) in [6.45, 7) is 2.84. The summed E-state index contributed by atoms with van der Waals surface area (Å²) in [5.41, 5.74) is 2.75. The molecular formula is C21H25ClN2O. The van der Waals surface area contributed by atoms with Crippen molar-refractivity contribution in [3.05, 3.63) is 76.3 Å². The van der Waals surface area contributed by atoms with Gasteiger partial charge in [0.05, 0.1) is 6.04 Å². The van der Waals surface area contributed by atoms with Gasteiger partial charge in [-0.3, -0.25) is 4.79 Å². The Bertz CT molecular complexity index is 723. The van der Waals surface area contributed by atoms with E-state index in [2.05, 4.69) is 10.2 Å². The average Bonchev–Trinajstić information content (AvgIpc) is 2.59. The highest BCUT2D eigenvalue weighted by molar-refractivity contribution is 6.30. The lowest BCUT2D eigenvalue weighted by atomic mass is 10.0. The van der Waals surface area contributed by atoms with Crippen LogP contribution in [0.5, 0.6) is 0 Å². The molecule has 0 saturated heterocycles. The van der Waals surface area contributed by atoms with Crippen LogP contribution in [0.25, 0.3) is 6.08 Å². The van der Waals surface area contributed by atoms with Crippen LogP contribution >= 0.6 is 11.6 Å². The van der Waals surface area contributed by atoms with Crippen LogP contribution in [0.2, 0.25) is 5.02 Å². The van der Waals surface area contributed by atoms with Crippen molar-refractivity contribution in [2.24, 2.45) is 0 Å². The minimum absolute atomic E-state index is 0.0578. The molecular weight excluding hydrogens is 332 g/mol. The van der Waals surface area contributed by atoms with Crippen molar-refractivity contribution in [1.29, 1.82) is 0 Å². The van der Waals surface area contributed by atoms with Crippen molar-refractivity contribution in [3.8, 4) is 0 Å². The first-order valence-corrected chi connectivity index (χ1v) is 8.81. The molecule has 0 saturated carbocycles. The third-order valence-corrected chi connectivity index (χ3v) is 4.20. The zero-order valence-electron chi connectivity index (χ0n) is 15.0. The Morgan fingerprint density at radius 3 is 2.56 bits per heavy atom. The number of hydrogen-bond acceptors (Lipinski definition) is 2. The number of nitrogens with one attached hydrogen (secondary N) is 1. The predicted molar refractivity (Wildman–Crippen MR) is 106 cm³/mol. The second-order valence-electron chi connectivity index (χ2n) is 6.30. The van der Waals surface area contributed by atoms with E-state index < -0.39 is 0 Å². The molecule has 0 spiro atoms. The third kappa shape index (κ3) is 6.04. The van der Waals surface area contributed by atoms with Gasteiger partial charge in [-0.05, 0) is 69.4 Å². The number of amides is 1. The van der Waals surface area contributed by atoms with Crippen molar-refractivity contribution in [2.75, 3.05) is 20.6 Å². The molecule has 0 aliphatic carbocycles. The van der Waals surface area contributed by atoms with Gasteiger partial charge in [0, 0.05) is 10.6 Å². The van der Waals surface area contributed by atoms with Crippen LogP contribution in [0.3, 0.4) is 0 Å². The van der Waals surface area contributed by atoms with Crippen molar-refractivity contribution in [2.45, 2.75) is 19.4 Å². The van der Waals surface area contributed by atoms with E-state index >= 15 is 0 Å². The summed E-state index contributed by atoms with van der Waals surface area (Å²) in [5, 5.41) is 3.86. The normalized spacial score (nSPS) is 12.5. The molecule has 2 aromatic carbocycles. The highest BCUT2D eigenvalue weighted by atomic mass is 35.5. The molecule has 4 heteroatoms. The van der Waals surface area contributed by atoms with Crippen molar-refractivity contribution in [3.63, 3.8) is 0 Å². The van der Waals surface area contributed by atoms with Crippen LogP contribution in [0.15, 0.2) is 54.6 Å². The molecule has 0 aromatic heterocycles. The minimum atomic E-state index is -0.0648. The molecule has 1 N–H and O–H groups in total. The standard InChI is InChI=1S/C21H25ClN2O/c1-4-6-16-7-5-8-18(15-16)21(25)23-20(13-14-24(2)3)17-9-11-19(22)12-10-17/h4-12,15,20H,13-14H2,1-3H3,(H,23,25)/b6-4+. The van der Waals surface area contributed by atoms with Gasteiger partial charge < -0.3 is 10.2 Å². The van der Waals surface area contributed by atoms with Gasteiger partial charge in [0.25, 0.3) is 5.91 Å². The number of carbonyl (C=O) groups excluding carboxylic acids is 1. The first-order valence-electron chi connectivity index (χ1n) is 8.43. The van der Waals surface area contributed by atoms with Gasteiger partial charge in [-0.25, -0.2) is 0 Å². The molecule has 2 aromatic rings. The van der Waals surface area contributed by atoms with Crippen LogP contribution in [-0.4, -0.2) is 31.4 Å². The fraction of sp³-hybridized carbons (Fsp3) is 0.286. The average molecular weight is 357 g/mol. The second-order valence-corrected chi connectivity index (χ2v) is 6.73.